The summed E-state index contributed by atoms with van der Waals surface area (Å²) in [4.78, 5) is 23.3. The molecule has 9 heteroatoms. The number of anilines is 1. The Morgan fingerprint density at radius 3 is 2.34 bits per heavy atom. The molecular weight excluding hydrogens is 394 g/mol. The first-order chi connectivity index (χ1) is 13.5. The molecule has 2 rings (SSSR count). The number of hydrogen-bond acceptors (Lipinski definition) is 5. The summed E-state index contributed by atoms with van der Waals surface area (Å²) in [5, 5.41) is 13.9. The normalized spacial score (nSPS) is 13.4. The van der Waals surface area contributed by atoms with Crippen molar-refractivity contribution in [2.75, 3.05) is 10.6 Å². The quantitative estimate of drug-likeness (QED) is 0.521. The minimum Gasteiger partial charge on any atom is -0.347 e. The molecule has 0 fully saturated rings. The van der Waals surface area contributed by atoms with Crippen LogP contribution in [0, 0.1) is 17.0 Å². The van der Waals surface area contributed by atoms with E-state index in [0.29, 0.717) is 6.42 Å². The van der Waals surface area contributed by atoms with Crippen LogP contribution >= 0.6 is 0 Å². The smallest absolute Gasteiger partial charge is 0.271 e. The van der Waals surface area contributed by atoms with Crippen LogP contribution in [-0.2, 0) is 14.8 Å². The molecular formula is C20H25N3O5S. The first-order valence-electron chi connectivity index (χ1n) is 9.15. The molecule has 0 aliphatic carbocycles. The van der Waals surface area contributed by atoms with Gasteiger partial charge in [-0.15, -0.1) is 0 Å². The number of carbonyl (C=O) groups is 1. The van der Waals surface area contributed by atoms with Crippen LogP contribution in [0.15, 0.2) is 48.5 Å². The zero-order valence-electron chi connectivity index (χ0n) is 16.8. The predicted octanol–water partition coefficient (Wildman–Crippen LogP) is 3.33. The molecule has 0 heterocycles. The molecule has 0 aliphatic heterocycles. The maximum atomic E-state index is 12.9. The Balaban J connectivity index is 2.32. The number of hydrogen-bond donors (Lipinski definition) is 1. The van der Waals surface area contributed by atoms with Crippen LogP contribution in [0.25, 0.3) is 0 Å². The Morgan fingerprint density at radius 2 is 1.83 bits per heavy atom. The Kier molecular flexibility index (Phi) is 6.97. The van der Waals surface area contributed by atoms with Crippen LogP contribution in [0.3, 0.4) is 0 Å². The van der Waals surface area contributed by atoms with E-state index in [0.717, 1.165) is 27.8 Å². The highest BCUT2D eigenvalue weighted by Crippen LogP contribution is 2.26. The molecule has 0 saturated heterocycles. The number of aryl methyl sites for hydroxylation is 1. The number of nitro benzene ring substituents is 1. The number of non-ortho nitro benzene ring substituents is 1. The van der Waals surface area contributed by atoms with Crippen molar-refractivity contribution in [3.05, 3.63) is 69.8 Å². The van der Waals surface area contributed by atoms with E-state index in [-0.39, 0.29) is 17.4 Å². The van der Waals surface area contributed by atoms with Gasteiger partial charge < -0.3 is 5.32 Å². The summed E-state index contributed by atoms with van der Waals surface area (Å²) in [6.07, 6.45) is 1.59. The van der Waals surface area contributed by atoms with E-state index in [2.05, 4.69) is 5.32 Å². The van der Waals surface area contributed by atoms with E-state index < -0.39 is 26.9 Å². The molecule has 8 nitrogen and oxygen atoms in total. The summed E-state index contributed by atoms with van der Waals surface area (Å²) in [6, 6.07) is 11.6. The molecule has 0 radical (unpaired) electrons. The number of amides is 1. The van der Waals surface area contributed by atoms with Crippen molar-refractivity contribution in [2.45, 2.75) is 39.3 Å². The summed E-state index contributed by atoms with van der Waals surface area (Å²) >= 11 is 0. The van der Waals surface area contributed by atoms with Crippen molar-refractivity contribution in [1.29, 1.82) is 0 Å². The number of nitro groups is 1. The van der Waals surface area contributed by atoms with E-state index in [1.165, 1.54) is 25.1 Å². The highest BCUT2D eigenvalue weighted by molar-refractivity contribution is 7.92. The molecule has 2 aromatic rings. The van der Waals surface area contributed by atoms with Gasteiger partial charge in [0.05, 0.1) is 22.9 Å². The summed E-state index contributed by atoms with van der Waals surface area (Å²) < 4.78 is 25.7. The van der Waals surface area contributed by atoms with Crippen LogP contribution < -0.4 is 9.62 Å². The maximum absolute atomic E-state index is 12.9. The molecule has 29 heavy (non-hydrogen) atoms. The highest BCUT2D eigenvalue weighted by atomic mass is 32.2. The number of sulfonamides is 1. The highest BCUT2D eigenvalue weighted by Gasteiger charge is 2.31. The summed E-state index contributed by atoms with van der Waals surface area (Å²) in [6.45, 7) is 5.34. The fraction of sp³-hybridized carbons (Fsp3) is 0.350. The van der Waals surface area contributed by atoms with Crippen LogP contribution in [0.5, 0.6) is 0 Å². The number of nitrogens with zero attached hydrogens (tertiary/aromatic N) is 2. The van der Waals surface area contributed by atoms with Gasteiger partial charge in [0, 0.05) is 12.1 Å². The van der Waals surface area contributed by atoms with Gasteiger partial charge in [-0.2, -0.15) is 0 Å². The largest absolute Gasteiger partial charge is 0.347 e. The number of nitrogens with one attached hydrogen (secondary N) is 1. The van der Waals surface area contributed by atoms with E-state index in [1.807, 2.05) is 38.1 Å². The van der Waals surface area contributed by atoms with Crippen molar-refractivity contribution in [2.24, 2.45) is 0 Å². The minimum absolute atomic E-state index is 0.0627. The van der Waals surface area contributed by atoms with Crippen LogP contribution in [0.4, 0.5) is 11.4 Å². The summed E-state index contributed by atoms with van der Waals surface area (Å²) in [5.74, 6) is -0.491. The zero-order chi connectivity index (χ0) is 21.8. The fourth-order valence-corrected chi connectivity index (χ4v) is 4.23. The minimum atomic E-state index is -3.87. The fourth-order valence-electron chi connectivity index (χ4n) is 3.06. The summed E-state index contributed by atoms with van der Waals surface area (Å²) in [7, 11) is -3.87. The van der Waals surface area contributed by atoms with Crippen LogP contribution in [0.2, 0.25) is 0 Å². The molecule has 156 valence electrons. The van der Waals surface area contributed by atoms with Crippen molar-refractivity contribution in [3.63, 3.8) is 0 Å². The number of carbonyl (C=O) groups excluding carboxylic acids is 1. The molecule has 0 bridgehead atoms. The van der Waals surface area contributed by atoms with Gasteiger partial charge in [-0.1, -0.05) is 42.8 Å². The van der Waals surface area contributed by atoms with Gasteiger partial charge in [0.1, 0.15) is 6.04 Å². The second-order valence-electron chi connectivity index (χ2n) is 6.89. The van der Waals surface area contributed by atoms with Gasteiger partial charge in [-0.3, -0.25) is 19.2 Å². The Hall–Kier alpha value is -2.94. The molecule has 2 unspecified atom stereocenters. The molecule has 1 amide bonds. The second-order valence-corrected chi connectivity index (χ2v) is 8.75. The third-order valence-corrected chi connectivity index (χ3v) is 5.83. The molecule has 0 spiro atoms. The molecule has 2 aromatic carbocycles. The van der Waals surface area contributed by atoms with E-state index in [9.17, 15) is 23.3 Å². The monoisotopic (exact) mass is 419 g/mol. The number of rotatable bonds is 8. The van der Waals surface area contributed by atoms with E-state index >= 15 is 0 Å². The van der Waals surface area contributed by atoms with Crippen molar-refractivity contribution >= 4 is 27.3 Å². The second kappa shape index (κ2) is 9.04. The average Bonchev–Trinajstić information content (AvgIpc) is 2.66. The van der Waals surface area contributed by atoms with Gasteiger partial charge in [0.25, 0.3) is 5.69 Å². The predicted molar refractivity (Wildman–Crippen MR) is 112 cm³/mol. The standard InChI is InChI=1S/C20H25N3O5S/c1-5-19(16-11-9-14(2)10-12-16)21-20(24)15(3)22(29(4,27)28)17-7-6-8-18(13-17)23(25)26/h6-13,15,19H,5H2,1-4H3,(H,21,24). The summed E-state index contributed by atoms with van der Waals surface area (Å²) in [5.41, 5.74) is 1.82. The van der Waals surface area contributed by atoms with E-state index in [1.54, 1.807) is 0 Å². The third-order valence-electron chi connectivity index (χ3n) is 4.59. The molecule has 2 atom stereocenters. The van der Waals surface area contributed by atoms with Crippen molar-refractivity contribution in [1.82, 2.24) is 5.32 Å². The lowest BCUT2D eigenvalue weighted by molar-refractivity contribution is -0.384. The SMILES string of the molecule is CCC(NC(=O)C(C)N(c1cccc([N+](=O)[O-])c1)S(C)(=O)=O)c1ccc(C)cc1. The molecule has 1 N–H and O–H groups in total. The van der Waals surface area contributed by atoms with Gasteiger partial charge in [-0.25, -0.2) is 8.42 Å². The first kappa shape index (κ1) is 22.4. The van der Waals surface area contributed by atoms with Crippen LogP contribution in [0.1, 0.15) is 37.4 Å². The zero-order valence-corrected chi connectivity index (χ0v) is 17.6. The topological polar surface area (TPSA) is 110 Å². The number of benzene rings is 2. The lowest BCUT2D eigenvalue weighted by Crippen LogP contribution is -2.48. The maximum Gasteiger partial charge on any atom is 0.271 e. The van der Waals surface area contributed by atoms with E-state index in [4.69, 9.17) is 0 Å². The molecule has 0 saturated carbocycles. The van der Waals surface area contributed by atoms with Crippen molar-refractivity contribution < 1.29 is 18.1 Å². The third kappa shape index (κ3) is 5.54. The molecule has 0 aromatic heterocycles. The van der Waals surface area contributed by atoms with Gasteiger partial charge in [0.2, 0.25) is 15.9 Å². The Labute approximate surface area is 170 Å². The lowest BCUT2D eigenvalue weighted by Gasteiger charge is -2.29. The van der Waals surface area contributed by atoms with Gasteiger partial charge >= 0.3 is 0 Å². The van der Waals surface area contributed by atoms with Crippen molar-refractivity contribution in [3.8, 4) is 0 Å². The average molecular weight is 420 g/mol. The Morgan fingerprint density at radius 1 is 1.21 bits per heavy atom. The first-order valence-corrected chi connectivity index (χ1v) is 11.0. The van der Waals surface area contributed by atoms with Crippen LogP contribution in [-0.4, -0.2) is 31.5 Å². The molecule has 0 aliphatic rings. The lowest BCUT2D eigenvalue weighted by atomic mass is 10.0. The van der Waals surface area contributed by atoms with Gasteiger partial charge in [0.15, 0.2) is 0 Å². The Bertz CT molecular complexity index is 989. The van der Waals surface area contributed by atoms with Gasteiger partial charge in [-0.05, 0) is 31.9 Å².